The predicted octanol–water partition coefficient (Wildman–Crippen LogP) is 18.4. The van der Waals surface area contributed by atoms with Crippen LogP contribution in [-0.4, -0.2) is 96.7 Å². The molecule has 0 saturated heterocycles. The third kappa shape index (κ3) is 59.5. The van der Waals surface area contributed by atoms with E-state index in [1.807, 2.05) is 0 Å². The van der Waals surface area contributed by atoms with Crippen LogP contribution in [0.15, 0.2) is 0 Å². The first-order valence-corrected chi connectivity index (χ1v) is 37.5. The molecule has 3 N–H and O–H groups in total. The highest BCUT2D eigenvalue weighted by molar-refractivity contribution is 7.47. The molecule has 0 rings (SSSR count). The van der Waals surface area contributed by atoms with Gasteiger partial charge in [0.05, 0.1) is 26.4 Å². The molecule has 3 unspecified atom stereocenters. The summed E-state index contributed by atoms with van der Waals surface area (Å²) >= 11 is 0. The Morgan fingerprint density at radius 3 is 0.894 bits per heavy atom. The van der Waals surface area contributed by atoms with E-state index in [1.165, 1.54) is 141 Å². The molecule has 0 amide bonds. The number of ether oxygens (including phenoxy) is 4. The number of carbonyl (C=O) groups excluding carboxylic acids is 4. The van der Waals surface area contributed by atoms with Gasteiger partial charge >= 0.3 is 39.5 Å². The molecule has 0 aliphatic rings. The molecule has 6 atom stereocenters. The largest absolute Gasteiger partial charge is 0.472 e. The highest BCUT2D eigenvalue weighted by Gasteiger charge is 2.30. The summed E-state index contributed by atoms with van der Waals surface area (Å²) in [4.78, 5) is 72.0. The Bertz CT molecular complexity index is 1670. The molecule has 17 nitrogen and oxygen atoms in total. The first-order valence-electron chi connectivity index (χ1n) is 34.5. The maximum Gasteiger partial charge on any atom is 0.472 e. The summed E-state index contributed by atoms with van der Waals surface area (Å²) in [6.45, 7) is 9.34. The fraction of sp³-hybridized carbons (Fsp3) is 0.939. The molecule has 0 aromatic carbocycles. The molecule has 0 spiro atoms. The molecular weight excluding hydrogens is 1130 g/mol. The Morgan fingerprint density at radius 1 is 0.341 bits per heavy atom. The Morgan fingerprint density at radius 2 is 0.600 bits per heavy atom. The monoisotopic (exact) mass is 1250 g/mol. The highest BCUT2D eigenvalue weighted by atomic mass is 31.2. The standard InChI is InChI=1S/C66H128O17P2/c1-7-10-12-14-15-16-17-18-19-20-21-22-23-24-25-26-31-38-44-50-65(70)82-62(55-77-64(69)49-43-37-30-28-27-29-35-40-46-58(4)5)57-81-85(74,75)79-53-60(67)52-78-84(72,73)80-56-61(54-76-63(68)48-42-34-13-11-8-2)83-66(71)51-45-39-33-32-36-41-47-59(6)9-3/h58-62,67H,7-57H2,1-6H3,(H,72,73)(H,74,75)/t59?,60-,61+,62+/m0/s1. The van der Waals surface area contributed by atoms with Gasteiger partial charge in [-0.25, -0.2) is 9.13 Å². The van der Waals surface area contributed by atoms with Crippen molar-refractivity contribution < 1.29 is 80.2 Å². The zero-order chi connectivity index (χ0) is 62.9. The van der Waals surface area contributed by atoms with Crippen LogP contribution in [-0.2, 0) is 65.4 Å². The summed E-state index contributed by atoms with van der Waals surface area (Å²) in [5, 5.41) is 10.5. The summed E-state index contributed by atoms with van der Waals surface area (Å²) in [6, 6.07) is 0. The van der Waals surface area contributed by atoms with Crippen LogP contribution in [0, 0.1) is 11.8 Å². The van der Waals surface area contributed by atoms with Crippen molar-refractivity contribution in [3.8, 4) is 0 Å². The van der Waals surface area contributed by atoms with Gasteiger partial charge in [-0.3, -0.25) is 37.3 Å². The van der Waals surface area contributed by atoms with Crippen LogP contribution < -0.4 is 0 Å². The Kier molecular flexibility index (Phi) is 57.1. The van der Waals surface area contributed by atoms with E-state index >= 15 is 0 Å². The van der Waals surface area contributed by atoms with Crippen LogP contribution >= 0.6 is 15.6 Å². The zero-order valence-corrected chi connectivity index (χ0v) is 56.7. The van der Waals surface area contributed by atoms with Crippen LogP contribution in [0.25, 0.3) is 0 Å². The van der Waals surface area contributed by atoms with Crippen LogP contribution in [0.4, 0.5) is 0 Å². The summed E-state index contributed by atoms with van der Waals surface area (Å²) in [6.07, 6.45) is 42.3. The predicted molar refractivity (Wildman–Crippen MR) is 340 cm³/mol. The topological polar surface area (TPSA) is 237 Å². The Hall–Kier alpha value is -1.94. The molecule has 0 aromatic rings. The lowest BCUT2D eigenvalue weighted by molar-refractivity contribution is -0.161. The molecule has 85 heavy (non-hydrogen) atoms. The number of unbranched alkanes of at least 4 members (excludes halogenated alkanes) is 34. The van der Waals surface area contributed by atoms with Crippen molar-refractivity contribution in [3.63, 3.8) is 0 Å². The summed E-state index contributed by atoms with van der Waals surface area (Å²) < 4.78 is 67.9. The third-order valence-electron chi connectivity index (χ3n) is 15.6. The fourth-order valence-corrected chi connectivity index (χ4v) is 11.4. The average molecular weight is 1260 g/mol. The first-order chi connectivity index (χ1) is 40.9. The molecule has 0 radical (unpaired) electrons. The number of hydrogen-bond donors (Lipinski definition) is 3. The molecule has 0 aliphatic carbocycles. The minimum absolute atomic E-state index is 0.102. The molecule has 0 heterocycles. The van der Waals surface area contributed by atoms with E-state index in [2.05, 4.69) is 41.5 Å². The number of esters is 4. The van der Waals surface area contributed by atoms with E-state index in [4.69, 9.17) is 37.0 Å². The normalized spacial score (nSPS) is 14.6. The minimum Gasteiger partial charge on any atom is -0.462 e. The Balaban J connectivity index is 5.13. The number of hydrogen-bond acceptors (Lipinski definition) is 15. The molecule has 0 aromatic heterocycles. The lowest BCUT2D eigenvalue weighted by atomic mass is 10.00. The van der Waals surface area contributed by atoms with Crippen LogP contribution in [0.5, 0.6) is 0 Å². The second-order valence-electron chi connectivity index (χ2n) is 24.6. The van der Waals surface area contributed by atoms with E-state index in [-0.39, 0.29) is 25.7 Å². The van der Waals surface area contributed by atoms with E-state index < -0.39 is 97.5 Å². The van der Waals surface area contributed by atoms with Gasteiger partial charge in [0, 0.05) is 25.7 Å². The van der Waals surface area contributed by atoms with Gasteiger partial charge in [0.15, 0.2) is 12.2 Å². The van der Waals surface area contributed by atoms with Crippen molar-refractivity contribution >= 4 is 39.5 Å². The van der Waals surface area contributed by atoms with E-state index in [0.29, 0.717) is 25.7 Å². The van der Waals surface area contributed by atoms with E-state index in [0.717, 1.165) is 108 Å². The smallest absolute Gasteiger partial charge is 0.462 e. The van der Waals surface area contributed by atoms with Crippen molar-refractivity contribution in [3.05, 3.63) is 0 Å². The number of rotatable bonds is 65. The fourth-order valence-electron chi connectivity index (χ4n) is 9.85. The number of aliphatic hydroxyl groups is 1. The van der Waals surface area contributed by atoms with E-state index in [9.17, 15) is 43.2 Å². The van der Waals surface area contributed by atoms with Crippen molar-refractivity contribution in [2.75, 3.05) is 39.6 Å². The summed E-state index contributed by atoms with van der Waals surface area (Å²) in [5.41, 5.74) is 0. The maximum absolute atomic E-state index is 13.0. The molecule has 504 valence electrons. The van der Waals surface area contributed by atoms with Crippen molar-refractivity contribution in [2.45, 2.75) is 349 Å². The third-order valence-corrected chi connectivity index (χ3v) is 17.5. The number of phosphoric ester groups is 2. The van der Waals surface area contributed by atoms with Gasteiger partial charge in [0.2, 0.25) is 0 Å². The lowest BCUT2D eigenvalue weighted by Gasteiger charge is -2.21. The van der Waals surface area contributed by atoms with Gasteiger partial charge in [-0.15, -0.1) is 0 Å². The number of phosphoric acid groups is 2. The minimum atomic E-state index is -4.95. The second kappa shape index (κ2) is 58.4. The number of carbonyl (C=O) groups is 4. The quantitative estimate of drug-likeness (QED) is 0.0222. The van der Waals surface area contributed by atoms with Gasteiger partial charge in [0.1, 0.15) is 19.3 Å². The van der Waals surface area contributed by atoms with Crippen molar-refractivity contribution in [2.24, 2.45) is 11.8 Å². The molecule has 0 saturated carbocycles. The second-order valence-corrected chi connectivity index (χ2v) is 27.5. The van der Waals surface area contributed by atoms with Crippen LogP contribution in [0.1, 0.15) is 330 Å². The molecule has 0 bridgehead atoms. The zero-order valence-electron chi connectivity index (χ0n) is 54.9. The lowest BCUT2D eigenvalue weighted by Crippen LogP contribution is -2.30. The van der Waals surface area contributed by atoms with Gasteiger partial charge < -0.3 is 33.8 Å². The average Bonchev–Trinajstić information content (AvgIpc) is 3.50. The summed E-state index contributed by atoms with van der Waals surface area (Å²) in [5.74, 6) is -0.698. The van der Waals surface area contributed by atoms with Crippen LogP contribution in [0.3, 0.4) is 0 Å². The molecule has 0 fully saturated rings. The molecule has 19 heteroatoms. The van der Waals surface area contributed by atoms with Crippen molar-refractivity contribution in [1.82, 2.24) is 0 Å². The van der Waals surface area contributed by atoms with Gasteiger partial charge in [-0.05, 0) is 37.5 Å². The number of aliphatic hydroxyl groups excluding tert-OH is 1. The van der Waals surface area contributed by atoms with Crippen LogP contribution in [0.2, 0.25) is 0 Å². The Labute approximate surface area is 517 Å². The maximum atomic E-state index is 13.0. The SMILES string of the molecule is CCCCCCCCCCCCCCCCCCCCCC(=O)O[C@H](COC(=O)CCCCCCCCCCC(C)C)COP(=O)(O)OC[C@@H](O)COP(=O)(O)OC[C@@H](COC(=O)CCCCCCC)OC(=O)CCCCCCCCC(C)CC. The first kappa shape index (κ1) is 83.1. The van der Waals surface area contributed by atoms with Gasteiger partial charge in [-0.1, -0.05) is 279 Å². The molecular formula is C66H128O17P2. The summed E-state index contributed by atoms with van der Waals surface area (Å²) in [7, 11) is -9.88. The van der Waals surface area contributed by atoms with E-state index in [1.54, 1.807) is 0 Å². The molecule has 0 aliphatic heterocycles. The van der Waals surface area contributed by atoms with Gasteiger partial charge in [-0.2, -0.15) is 0 Å². The highest BCUT2D eigenvalue weighted by Crippen LogP contribution is 2.45. The van der Waals surface area contributed by atoms with Gasteiger partial charge in [0.25, 0.3) is 0 Å². The van der Waals surface area contributed by atoms with Crippen molar-refractivity contribution in [1.29, 1.82) is 0 Å².